The predicted octanol–water partition coefficient (Wildman–Crippen LogP) is 1.90. The predicted molar refractivity (Wildman–Crippen MR) is 67.9 cm³/mol. The van der Waals surface area contributed by atoms with Crippen LogP contribution in [0.2, 0.25) is 0 Å². The first-order chi connectivity index (χ1) is 7.95. The van der Waals surface area contributed by atoms with Crippen molar-refractivity contribution in [3.8, 4) is 0 Å². The monoisotopic (exact) mass is 301 g/mol. The molecule has 0 spiro atoms. The van der Waals surface area contributed by atoms with Crippen molar-refractivity contribution in [2.75, 3.05) is 12.4 Å². The number of nitro groups is 1. The van der Waals surface area contributed by atoms with Crippen LogP contribution >= 0.6 is 15.9 Å². The lowest BCUT2D eigenvalue weighted by Gasteiger charge is -2.13. The molecule has 0 saturated heterocycles. The molecule has 92 valence electrons. The molecule has 6 nitrogen and oxygen atoms in total. The van der Waals surface area contributed by atoms with Gasteiger partial charge in [-0.15, -0.1) is 0 Å². The van der Waals surface area contributed by atoms with Gasteiger partial charge in [0.2, 0.25) is 5.91 Å². The first-order valence-electron chi connectivity index (χ1n) is 4.87. The maximum Gasteiger partial charge on any atom is 0.292 e. The van der Waals surface area contributed by atoms with Crippen LogP contribution in [0.25, 0.3) is 0 Å². The van der Waals surface area contributed by atoms with Crippen molar-refractivity contribution in [2.24, 2.45) is 0 Å². The van der Waals surface area contributed by atoms with Gasteiger partial charge in [0.15, 0.2) is 0 Å². The minimum Gasteiger partial charge on any atom is -0.368 e. The molecule has 0 heterocycles. The second-order valence-corrected chi connectivity index (χ2v) is 4.31. The Kier molecular flexibility index (Phi) is 4.45. The number of likely N-dealkylation sites (N-methyl/N-ethyl adjacent to an activating group) is 1. The quantitative estimate of drug-likeness (QED) is 0.657. The highest BCUT2D eigenvalue weighted by Gasteiger charge is 2.18. The Bertz CT molecular complexity index is 450. The van der Waals surface area contributed by atoms with Gasteiger partial charge in [-0.05, 0) is 19.1 Å². The van der Waals surface area contributed by atoms with Crippen LogP contribution in [0.3, 0.4) is 0 Å². The summed E-state index contributed by atoms with van der Waals surface area (Å²) in [6.07, 6.45) is 0. The van der Waals surface area contributed by atoms with E-state index >= 15 is 0 Å². The van der Waals surface area contributed by atoms with Gasteiger partial charge in [-0.3, -0.25) is 14.9 Å². The van der Waals surface area contributed by atoms with E-state index in [9.17, 15) is 14.9 Å². The van der Waals surface area contributed by atoms with Crippen LogP contribution in [0.4, 0.5) is 11.4 Å². The summed E-state index contributed by atoms with van der Waals surface area (Å²) in [4.78, 5) is 21.6. The van der Waals surface area contributed by atoms with Gasteiger partial charge in [0.1, 0.15) is 11.7 Å². The lowest BCUT2D eigenvalue weighted by atomic mass is 10.2. The van der Waals surface area contributed by atoms with E-state index in [4.69, 9.17) is 0 Å². The molecule has 0 aliphatic carbocycles. The number of rotatable bonds is 4. The number of carbonyl (C=O) groups is 1. The highest BCUT2D eigenvalue weighted by atomic mass is 79.9. The molecular formula is C10H12BrN3O3. The summed E-state index contributed by atoms with van der Waals surface area (Å²) >= 11 is 3.23. The minimum atomic E-state index is -0.548. The highest BCUT2D eigenvalue weighted by Crippen LogP contribution is 2.28. The number of carbonyl (C=O) groups excluding carboxylic acids is 1. The summed E-state index contributed by atoms with van der Waals surface area (Å²) < 4.78 is 0.703. The van der Waals surface area contributed by atoms with E-state index in [0.29, 0.717) is 10.2 Å². The molecule has 0 radical (unpaired) electrons. The number of benzene rings is 1. The van der Waals surface area contributed by atoms with Gasteiger partial charge < -0.3 is 10.6 Å². The normalized spacial score (nSPS) is 11.7. The summed E-state index contributed by atoms with van der Waals surface area (Å²) in [7, 11) is 1.51. The van der Waals surface area contributed by atoms with Crippen LogP contribution in [-0.2, 0) is 4.79 Å². The van der Waals surface area contributed by atoms with Crippen molar-refractivity contribution in [1.82, 2.24) is 5.32 Å². The third-order valence-electron chi connectivity index (χ3n) is 2.17. The van der Waals surface area contributed by atoms with E-state index in [-0.39, 0.29) is 11.6 Å². The first-order valence-corrected chi connectivity index (χ1v) is 5.67. The second kappa shape index (κ2) is 5.62. The molecule has 1 rings (SSSR count). The van der Waals surface area contributed by atoms with Gasteiger partial charge in [-0.2, -0.15) is 0 Å². The zero-order valence-corrected chi connectivity index (χ0v) is 10.9. The van der Waals surface area contributed by atoms with Crippen molar-refractivity contribution >= 4 is 33.2 Å². The standard InChI is InChI=1S/C10H12BrN3O3/c1-6(10(15)12-2)13-8-5-7(11)3-4-9(8)14(16)17/h3-6,13H,1-2H3,(H,12,15). The molecule has 17 heavy (non-hydrogen) atoms. The van der Waals surface area contributed by atoms with Crippen LogP contribution < -0.4 is 10.6 Å². The van der Waals surface area contributed by atoms with Crippen molar-refractivity contribution < 1.29 is 9.72 Å². The number of amides is 1. The number of hydrogen-bond donors (Lipinski definition) is 2. The summed E-state index contributed by atoms with van der Waals surface area (Å²) in [6.45, 7) is 1.63. The average molecular weight is 302 g/mol. The largest absolute Gasteiger partial charge is 0.368 e. The Morgan fingerprint density at radius 3 is 2.71 bits per heavy atom. The van der Waals surface area contributed by atoms with E-state index in [1.54, 1.807) is 19.1 Å². The van der Waals surface area contributed by atoms with Crippen molar-refractivity contribution in [3.63, 3.8) is 0 Å². The molecule has 7 heteroatoms. The fourth-order valence-corrected chi connectivity index (χ4v) is 1.66. The van der Waals surface area contributed by atoms with E-state index in [0.717, 1.165) is 0 Å². The summed E-state index contributed by atoms with van der Waals surface area (Å²) in [5.41, 5.74) is 0.240. The summed E-state index contributed by atoms with van der Waals surface area (Å²) in [5, 5.41) is 16.1. The van der Waals surface area contributed by atoms with Crippen molar-refractivity contribution in [3.05, 3.63) is 32.8 Å². The third kappa shape index (κ3) is 3.42. The molecule has 2 N–H and O–H groups in total. The zero-order chi connectivity index (χ0) is 13.0. The molecule has 0 saturated carbocycles. The van der Waals surface area contributed by atoms with Gasteiger partial charge in [0.25, 0.3) is 5.69 Å². The van der Waals surface area contributed by atoms with E-state index in [2.05, 4.69) is 26.6 Å². The van der Waals surface area contributed by atoms with Gasteiger partial charge in [-0.1, -0.05) is 15.9 Å². The Labute approximate surface area is 107 Å². The zero-order valence-electron chi connectivity index (χ0n) is 9.36. The number of anilines is 1. The van der Waals surface area contributed by atoms with Crippen LogP contribution in [0.15, 0.2) is 22.7 Å². The molecule has 1 aromatic rings. The lowest BCUT2D eigenvalue weighted by molar-refractivity contribution is -0.384. The lowest BCUT2D eigenvalue weighted by Crippen LogP contribution is -2.35. The number of nitro benzene ring substituents is 1. The second-order valence-electron chi connectivity index (χ2n) is 3.40. The van der Waals surface area contributed by atoms with Crippen molar-refractivity contribution in [2.45, 2.75) is 13.0 Å². The van der Waals surface area contributed by atoms with Crippen LogP contribution in [0.1, 0.15) is 6.92 Å². The van der Waals surface area contributed by atoms with E-state index in [1.165, 1.54) is 13.1 Å². The average Bonchev–Trinajstić information content (AvgIpc) is 2.27. The molecule has 0 aliphatic heterocycles. The molecule has 0 aliphatic rings. The van der Waals surface area contributed by atoms with E-state index < -0.39 is 11.0 Å². The Hall–Kier alpha value is -1.63. The van der Waals surface area contributed by atoms with Gasteiger partial charge in [0.05, 0.1) is 4.92 Å². The van der Waals surface area contributed by atoms with Crippen LogP contribution in [0, 0.1) is 10.1 Å². The molecule has 0 fully saturated rings. The van der Waals surface area contributed by atoms with Gasteiger partial charge in [0, 0.05) is 17.6 Å². The number of nitrogens with zero attached hydrogens (tertiary/aromatic N) is 1. The fourth-order valence-electron chi connectivity index (χ4n) is 1.30. The Morgan fingerprint density at radius 2 is 2.18 bits per heavy atom. The van der Waals surface area contributed by atoms with E-state index in [1.807, 2.05) is 0 Å². The maximum absolute atomic E-state index is 11.3. The molecule has 0 bridgehead atoms. The van der Waals surface area contributed by atoms with Gasteiger partial charge in [-0.25, -0.2) is 0 Å². The van der Waals surface area contributed by atoms with Crippen molar-refractivity contribution in [1.29, 1.82) is 0 Å². The summed E-state index contributed by atoms with van der Waals surface area (Å²) in [5.74, 6) is -0.237. The third-order valence-corrected chi connectivity index (χ3v) is 2.66. The number of hydrogen-bond acceptors (Lipinski definition) is 4. The number of nitrogens with one attached hydrogen (secondary N) is 2. The molecule has 1 aromatic carbocycles. The smallest absolute Gasteiger partial charge is 0.292 e. The maximum atomic E-state index is 11.3. The topological polar surface area (TPSA) is 84.3 Å². The number of halogens is 1. The first kappa shape index (κ1) is 13.4. The summed E-state index contributed by atoms with van der Waals surface area (Å²) in [6, 6.07) is 3.97. The highest BCUT2D eigenvalue weighted by molar-refractivity contribution is 9.10. The Morgan fingerprint density at radius 1 is 1.53 bits per heavy atom. The van der Waals surface area contributed by atoms with Crippen LogP contribution in [-0.4, -0.2) is 23.9 Å². The molecular weight excluding hydrogens is 290 g/mol. The minimum absolute atomic E-state index is 0.0658. The molecule has 0 aromatic heterocycles. The Balaban J connectivity index is 3.00. The molecule has 1 unspecified atom stereocenters. The SMILES string of the molecule is CNC(=O)C(C)Nc1cc(Br)ccc1[N+](=O)[O-]. The molecule has 1 amide bonds. The van der Waals surface area contributed by atoms with Gasteiger partial charge >= 0.3 is 0 Å². The molecule has 1 atom stereocenters. The van der Waals surface area contributed by atoms with Crippen LogP contribution in [0.5, 0.6) is 0 Å². The fraction of sp³-hybridized carbons (Fsp3) is 0.300.